The summed E-state index contributed by atoms with van der Waals surface area (Å²) in [7, 11) is 0. The molecule has 0 aliphatic rings. The lowest BCUT2D eigenvalue weighted by molar-refractivity contribution is 1.26. The molecule has 0 bridgehead atoms. The van der Waals surface area contributed by atoms with Crippen molar-refractivity contribution in [1.82, 2.24) is 0 Å². The first-order valence-corrected chi connectivity index (χ1v) is 20.6. The Labute approximate surface area is 350 Å². The van der Waals surface area contributed by atoms with Crippen molar-refractivity contribution in [3.8, 4) is 22.3 Å². The molecular formula is C58H40N2. The van der Waals surface area contributed by atoms with Gasteiger partial charge < -0.3 is 9.80 Å². The fraction of sp³-hybridized carbons (Fsp3) is 0. The summed E-state index contributed by atoms with van der Waals surface area (Å²) >= 11 is 0. The maximum atomic E-state index is 2.44. The molecular weight excluding hydrogens is 725 g/mol. The Kier molecular flexibility index (Phi) is 8.87. The van der Waals surface area contributed by atoms with Gasteiger partial charge in [-0.25, -0.2) is 0 Å². The van der Waals surface area contributed by atoms with Gasteiger partial charge in [-0.05, 0) is 121 Å². The van der Waals surface area contributed by atoms with E-state index in [1.54, 1.807) is 0 Å². The summed E-state index contributed by atoms with van der Waals surface area (Å²) in [4.78, 5) is 4.76. The van der Waals surface area contributed by atoms with E-state index < -0.39 is 0 Å². The molecule has 0 unspecified atom stereocenters. The van der Waals surface area contributed by atoms with E-state index in [1.807, 2.05) is 0 Å². The van der Waals surface area contributed by atoms with Gasteiger partial charge in [-0.2, -0.15) is 0 Å². The summed E-state index contributed by atoms with van der Waals surface area (Å²) in [6.07, 6.45) is 0. The largest absolute Gasteiger partial charge is 0.311 e. The maximum Gasteiger partial charge on any atom is 0.0546 e. The third kappa shape index (κ3) is 6.06. The normalized spacial score (nSPS) is 11.3. The molecule has 2 nitrogen and oxygen atoms in total. The van der Waals surface area contributed by atoms with Crippen LogP contribution in [0.1, 0.15) is 0 Å². The Bertz CT molecular complexity index is 3250. The van der Waals surface area contributed by atoms with Gasteiger partial charge in [0, 0.05) is 39.4 Å². The van der Waals surface area contributed by atoms with E-state index in [4.69, 9.17) is 0 Å². The minimum Gasteiger partial charge on any atom is -0.311 e. The lowest BCUT2D eigenvalue weighted by Gasteiger charge is -2.30. The molecule has 0 spiro atoms. The van der Waals surface area contributed by atoms with Crippen molar-refractivity contribution in [2.45, 2.75) is 0 Å². The summed E-state index contributed by atoms with van der Waals surface area (Å²) in [5, 5.41) is 9.80. The average Bonchev–Trinajstić information content (AvgIpc) is 3.32. The summed E-state index contributed by atoms with van der Waals surface area (Å²) < 4.78 is 0. The van der Waals surface area contributed by atoms with Crippen LogP contribution in [0.5, 0.6) is 0 Å². The molecule has 0 atom stereocenters. The number of benzene rings is 11. The van der Waals surface area contributed by atoms with Crippen LogP contribution >= 0.6 is 0 Å². The molecule has 0 N–H and O–H groups in total. The zero-order valence-electron chi connectivity index (χ0n) is 33.0. The second-order valence-electron chi connectivity index (χ2n) is 15.2. The molecule has 0 heterocycles. The predicted molar refractivity (Wildman–Crippen MR) is 257 cm³/mol. The number of para-hydroxylation sites is 3. The minimum atomic E-state index is 1.07. The molecule has 0 saturated carbocycles. The highest BCUT2D eigenvalue weighted by atomic mass is 15.2. The standard InChI is InChI=1S/C58H40N2/c1-4-23-43(24-5-1)59(44-25-6-2-7-26-44)46-37-39-47(40-38-46)60(45-27-8-3-9-28-45)55-36-18-35-54-56(50-33-16-21-41-19-10-12-29-48(41)50)52-31-14-15-32-53(52)57(58(54)55)51-34-17-22-42-20-11-13-30-49(42)51/h1-40H. The van der Waals surface area contributed by atoms with E-state index in [0.717, 1.165) is 34.1 Å². The molecule has 0 aliphatic heterocycles. The minimum absolute atomic E-state index is 1.07. The maximum absolute atomic E-state index is 2.44. The van der Waals surface area contributed by atoms with Crippen LogP contribution in [0, 0.1) is 0 Å². The third-order valence-corrected chi connectivity index (χ3v) is 11.8. The smallest absolute Gasteiger partial charge is 0.0546 e. The second-order valence-corrected chi connectivity index (χ2v) is 15.2. The Hall–Kier alpha value is -7.94. The second kappa shape index (κ2) is 15.1. The van der Waals surface area contributed by atoms with Crippen LogP contribution in [0.3, 0.4) is 0 Å². The average molecular weight is 765 g/mol. The molecule has 11 aromatic rings. The number of fused-ring (bicyclic) bond motifs is 4. The number of anilines is 6. The van der Waals surface area contributed by atoms with Gasteiger partial charge >= 0.3 is 0 Å². The van der Waals surface area contributed by atoms with E-state index in [0.29, 0.717) is 0 Å². The van der Waals surface area contributed by atoms with Gasteiger partial charge in [-0.1, -0.05) is 176 Å². The first-order valence-electron chi connectivity index (χ1n) is 20.6. The van der Waals surface area contributed by atoms with E-state index >= 15 is 0 Å². The van der Waals surface area contributed by atoms with Crippen molar-refractivity contribution >= 4 is 77.2 Å². The molecule has 0 fully saturated rings. The fourth-order valence-corrected chi connectivity index (χ4v) is 9.21. The Morgan fingerprint density at radius 2 is 0.567 bits per heavy atom. The number of rotatable bonds is 8. The molecule has 282 valence electrons. The lowest BCUT2D eigenvalue weighted by atomic mass is 9.83. The molecule has 11 aromatic carbocycles. The third-order valence-electron chi connectivity index (χ3n) is 11.8. The molecule has 0 radical (unpaired) electrons. The van der Waals surface area contributed by atoms with Crippen LogP contribution in [-0.2, 0) is 0 Å². The summed E-state index contributed by atoms with van der Waals surface area (Å²) in [6.45, 7) is 0. The van der Waals surface area contributed by atoms with Gasteiger partial charge in [0.05, 0.1) is 5.69 Å². The zero-order chi connectivity index (χ0) is 39.8. The van der Waals surface area contributed by atoms with Gasteiger partial charge in [-0.15, -0.1) is 0 Å². The highest BCUT2D eigenvalue weighted by Gasteiger charge is 2.25. The molecule has 0 amide bonds. The van der Waals surface area contributed by atoms with Crippen LogP contribution in [0.2, 0.25) is 0 Å². The topological polar surface area (TPSA) is 6.48 Å². The first kappa shape index (κ1) is 35.2. The summed E-state index contributed by atoms with van der Waals surface area (Å²) in [6, 6.07) is 87.9. The molecule has 0 aliphatic carbocycles. The highest BCUT2D eigenvalue weighted by molar-refractivity contribution is 6.28. The number of hydrogen-bond donors (Lipinski definition) is 0. The fourth-order valence-electron chi connectivity index (χ4n) is 9.21. The van der Waals surface area contributed by atoms with Gasteiger partial charge in [0.1, 0.15) is 0 Å². The van der Waals surface area contributed by atoms with Crippen molar-refractivity contribution in [2.24, 2.45) is 0 Å². The molecule has 11 rings (SSSR count). The van der Waals surface area contributed by atoms with Crippen molar-refractivity contribution < 1.29 is 0 Å². The number of hydrogen-bond acceptors (Lipinski definition) is 2. The van der Waals surface area contributed by atoms with Crippen LogP contribution in [0.4, 0.5) is 34.1 Å². The van der Waals surface area contributed by atoms with Crippen LogP contribution in [0.15, 0.2) is 243 Å². The lowest BCUT2D eigenvalue weighted by Crippen LogP contribution is -2.12. The van der Waals surface area contributed by atoms with Crippen LogP contribution in [-0.4, -0.2) is 0 Å². The van der Waals surface area contributed by atoms with Gasteiger partial charge in [0.25, 0.3) is 0 Å². The van der Waals surface area contributed by atoms with E-state index in [1.165, 1.54) is 65.3 Å². The number of nitrogens with zero attached hydrogens (tertiary/aromatic N) is 2. The Morgan fingerprint density at radius 1 is 0.217 bits per heavy atom. The van der Waals surface area contributed by atoms with Gasteiger partial charge in [-0.3, -0.25) is 0 Å². The van der Waals surface area contributed by atoms with Crippen molar-refractivity contribution in [3.05, 3.63) is 243 Å². The van der Waals surface area contributed by atoms with Crippen molar-refractivity contribution in [1.29, 1.82) is 0 Å². The molecule has 60 heavy (non-hydrogen) atoms. The quantitative estimate of drug-likeness (QED) is 0.142. The van der Waals surface area contributed by atoms with E-state index in [-0.39, 0.29) is 0 Å². The highest BCUT2D eigenvalue weighted by Crippen LogP contribution is 2.51. The zero-order valence-corrected chi connectivity index (χ0v) is 33.0. The SMILES string of the molecule is c1ccc(N(c2ccccc2)c2ccc(N(c3ccccc3)c3cccc4c(-c5cccc6ccccc56)c5ccccc5c(-c5cccc6ccccc56)c34)cc2)cc1. The van der Waals surface area contributed by atoms with Crippen LogP contribution in [0.25, 0.3) is 65.3 Å². The van der Waals surface area contributed by atoms with Gasteiger partial charge in [0.2, 0.25) is 0 Å². The molecule has 0 saturated heterocycles. The van der Waals surface area contributed by atoms with Crippen molar-refractivity contribution in [2.75, 3.05) is 9.80 Å². The van der Waals surface area contributed by atoms with E-state index in [9.17, 15) is 0 Å². The predicted octanol–water partition coefficient (Wildman–Crippen LogP) is 16.6. The molecule has 2 heteroatoms. The summed E-state index contributed by atoms with van der Waals surface area (Å²) in [5.74, 6) is 0. The van der Waals surface area contributed by atoms with E-state index in [2.05, 4.69) is 252 Å². The molecule has 0 aromatic heterocycles. The van der Waals surface area contributed by atoms with Gasteiger partial charge in [0.15, 0.2) is 0 Å². The Balaban J connectivity index is 1.23. The van der Waals surface area contributed by atoms with Crippen molar-refractivity contribution in [3.63, 3.8) is 0 Å². The van der Waals surface area contributed by atoms with Crippen LogP contribution < -0.4 is 9.80 Å². The first-order chi connectivity index (χ1) is 29.8. The monoisotopic (exact) mass is 764 g/mol. The summed E-state index contributed by atoms with van der Waals surface area (Å²) in [5.41, 5.74) is 11.5. The Morgan fingerprint density at radius 3 is 1.10 bits per heavy atom.